The Labute approximate surface area is 152 Å². The summed E-state index contributed by atoms with van der Waals surface area (Å²) < 4.78 is 5.69. The summed E-state index contributed by atoms with van der Waals surface area (Å²) in [4.78, 5) is 14.5. The van der Waals surface area contributed by atoms with Crippen molar-refractivity contribution in [1.29, 1.82) is 0 Å². The average Bonchev–Trinajstić information content (AvgIpc) is 3.14. The van der Waals surface area contributed by atoms with Gasteiger partial charge in [0.15, 0.2) is 0 Å². The molecule has 1 aromatic rings. The number of benzene rings is 1. The standard InChI is InChI=1S/C21H34N2O2/c1-2-3-13-20(14-9-12-19-10-5-4-6-11-19)25-21(24)22-15-18-23-16-7-8-17-23/h4-6,10-11,20H,2-3,7-9,12-18H2,1H3,(H,22,24). The molecular formula is C21H34N2O2. The van der Waals surface area contributed by atoms with Gasteiger partial charge in [0.2, 0.25) is 0 Å². The zero-order valence-corrected chi connectivity index (χ0v) is 15.7. The van der Waals surface area contributed by atoms with Crippen LogP contribution in [0.4, 0.5) is 4.79 Å². The van der Waals surface area contributed by atoms with Gasteiger partial charge < -0.3 is 15.0 Å². The van der Waals surface area contributed by atoms with E-state index in [9.17, 15) is 4.79 Å². The SMILES string of the molecule is CCCCC(CCCc1ccccc1)OC(=O)NCCN1CCCC1. The first-order valence-electron chi connectivity index (χ1n) is 9.98. The zero-order chi connectivity index (χ0) is 17.7. The molecule has 1 aromatic carbocycles. The lowest BCUT2D eigenvalue weighted by molar-refractivity contribution is 0.0844. The second kappa shape index (κ2) is 11.9. The molecule has 1 atom stereocenters. The van der Waals surface area contributed by atoms with Crippen LogP contribution in [0.5, 0.6) is 0 Å². The zero-order valence-electron chi connectivity index (χ0n) is 15.7. The van der Waals surface area contributed by atoms with E-state index in [1.807, 2.05) is 6.07 Å². The molecule has 1 saturated heterocycles. The average molecular weight is 347 g/mol. The number of hydrogen-bond donors (Lipinski definition) is 1. The van der Waals surface area contributed by atoms with E-state index in [0.29, 0.717) is 6.54 Å². The van der Waals surface area contributed by atoms with Crippen molar-refractivity contribution in [3.63, 3.8) is 0 Å². The first kappa shape index (κ1) is 19.8. The van der Waals surface area contributed by atoms with Gasteiger partial charge in [-0.1, -0.05) is 50.1 Å². The van der Waals surface area contributed by atoms with Gasteiger partial charge in [-0.3, -0.25) is 0 Å². The van der Waals surface area contributed by atoms with Gasteiger partial charge in [0.25, 0.3) is 0 Å². The minimum absolute atomic E-state index is 0.0375. The predicted molar refractivity (Wildman–Crippen MR) is 103 cm³/mol. The van der Waals surface area contributed by atoms with Crippen LogP contribution >= 0.6 is 0 Å². The van der Waals surface area contributed by atoms with Crippen LogP contribution in [0, 0.1) is 0 Å². The number of carbonyl (C=O) groups is 1. The topological polar surface area (TPSA) is 41.6 Å². The van der Waals surface area contributed by atoms with Gasteiger partial charge in [-0.25, -0.2) is 4.79 Å². The molecule has 1 heterocycles. The van der Waals surface area contributed by atoms with E-state index in [-0.39, 0.29) is 12.2 Å². The number of unbranched alkanes of at least 4 members (excludes halogenated alkanes) is 1. The Balaban J connectivity index is 1.65. The number of amides is 1. The van der Waals surface area contributed by atoms with E-state index in [1.54, 1.807) is 0 Å². The van der Waals surface area contributed by atoms with Gasteiger partial charge in [0.05, 0.1) is 0 Å². The Hall–Kier alpha value is -1.55. The van der Waals surface area contributed by atoms with Gasteiger partial charge in [-0.05, 0) is 57.2 Å². The van der Waals surface area contributed by atoms with Crippen LogP contribution in [0.3, 0.4) is 0 Å². The van der Waals surface area contributed by atoms with E-state index in [4.69, 9.17) is 4.74 Å². The maximum absolute atomic E-state index is 12.1. The Morgan fingerprint density at radius 2 is 1.88 bits per heavy atom. The maximum atomic E-state index is 12.1. The van der Waals surface area contributed by atoms with Gasteiger partial charge in [-0.2, -0.15) is 0 Å². The van der Waals surface area contributed by atoms with Crippen molar-refractivity contribution in [1.82, 2.24) is 10.2 Å². The summed E-state index contributed by atoms with van der Waals surface area (Å²) in [6, 6.07) is 10.5. The molecule has 1 unspecified atom stereocenters. The highest BCUT2D eigenvalue weighted by Gasteiger charge is 2.15. The Morgan fingerprint density at radius 1 is 1.16 bits per heavy atom. The third-order valence-corrected chi connectivity index (χ3v) is 4.88. The number of likely N-dealkylation sites (tertiary alicyclic amines) is 1. The molecule has 0 bridgehead atoms. The van der Waals surface area contributed by atoms with Crippen molar-refractivity contribution in [2.24, 2.45) is 0 Å². The highest BCUT2D eigenvalue weighted by molar-refractivity contribution is 5.67. The molecule has 1 aliphatic rings. The van der Waals surface area contributed by atoms with E-state index in [2.05, 4.69) is 41.4 Å². The second-order valence-electron chi connectivity index (χ2n) is 7.02. The van der Waals surface area contributed by atoms with E-state index >= 15 is 0 Å². The number of hydrogen-bond acceptors (Lipinski definition) is 3. The molecule has 140 valence electrons. The summed E-state index contributed by atoms with van der Waals surface area (Å²) in [6.45, 7) is 6.12. The van der Waals surface area contributed by atoms with Gasteiger partial charge in [0.1, 0.15) is 6.10 Å². The number of ether oxygens (including phenoxy) is 1. The molecule has 2 rings (SSSR count). The van der Waals surface area contributed by atoms with Crippen molar-refractivity contribution in [3.8, 4) is 0 Å². The fourth-order valence-corrected chi connectivity index (χ4v) is 3.39. The number of alkyl carbamates (subject to hydrolysis) is 1. The lowest BCUT2D eigenvalue weighted by atomic mass is 10.0. The molecule has 0 saturated carbocycles. The Morgan fingerprint density at radius 3 is 2.60 bits per heavy atom. The summed E-state index contributed by atoms with van der Waals surface area (Å²) in [5.74, 6) is 0. The number of aryl methyl sites for hydroxylation is 1. The first-order valence-corrected chi connectivity index (χ1v) is 9.98. The molecule has 4 nitrogen and oxygen atoms in total. The van der Waals surface area contributed by atoms with Crippen LogP contribution in [-0.2, 0) is 11.2 Å². The largest absolute Gasteiger partial charge is 0.446 e. The summed E-state index contributed by atoms with van der Waals surface area (Å²) in [7, 11) is 0. The van der Waals surface area contributed by atoms with Crippen molar-refractivity contribution in [2.45, 2.75) is 64.4 Å². The normalized spacial score (nSPS) is 15.9. The fourth-order valence-electron chi connectivity index (χ4n) is 3.39. The number of carbonyl (C=O) groups excluding carboxylic acids is 1. The molecule has 4 heteroatoms. The van der Waals surface area contributed by atoms with Gasteiger partial charge >= 0.3 is 6.09 Å². The van der Waals surface area contributed by atoms with E-state index in [1.165, 1.54) is 18.4 Å². The third kappa shape index (κ3) is 8.39. The van der Waals surface area contributed by atoms with Crippen LogP contribution in [0.2, 0.25) is 0 Å². The number of nitrogens with zero attached hydrogens (tertiary/aromatic N) is 1. The molecule has 1 fully saturated rings. The van der Waals surface area contributed by atoms with Crippen molar-refractivity contribution >= 4 is 6.09 Å². The van der Waals surface area contributed by atoms with Crippen LogP contribution in [0.25, 0.3) is 0 Å². The van der Waals surface area contributed by atoms with E-state index in [0.717, 1.165) is 58.2 Å². The van der Waals surface area contributed by atoms with Crippen LogP contribution < -0.4 is 5.32 Å². The smallest absolute Gasteiger partial charge is 0.407 e. The highest BCUT2D eigenvalue weighted by atomic mass is 16.6. The van der Waals surface area contributed by atoms with E-state index < -0.39 is 0 Å². The number of rotatable bonds is 11. The predicted octanol–water partition coefficient (Wildman–Crippen LogP) is 4.39. The first-order chi connectivity index (χ1) is 12.3. The maximum Gasteiger partial charge on any atom is 0.407 e. The van der Waals surface area contributed by atoms with Crippen LogP contribution in [0.15, 0.2) is 30.3 Å². The monoisotopic (exact) mass is 346 g/mol. The van der Waals surface area contributed by atoms with Gasteiger partial charge in [-0.15, -0.1) is 0 Å². The molecule has 0 spiro atoms. The van der Waals surface area contributed by atoms with Gasteiger partial charge in [0, 0.05) is 13.1 Å². The summed E-state index contributed by atoms with van der Waals surface area (Å²) in [5.41, 5.74) is 1.35. The number of nitrogens with one attached hydrogen (secondary N) is 1. The molecule has 25 heavy (non-hydrogen) atoms. The molecule has 0 aliphatic carbocycles. The Bertz CT molecular complexity index is 472. The lowest BCUT2D eigenvalue weighted by Crippen LogP contribution is -2.35. The molecule has 0 aromatic heterocycles. The molecule has 1 N–H and O–H groups in total. The molecule has 1 amide bonds. The summed E-state index contributed by atoms with van der Waals surface area (Å²) in [5, 5.41) is 2.92. The Kier molecular flexibility index (Phi) is 9.42. The van der Waals surface area contributed by atoms with Crippen molar-refractivity contribution < 1.29 is 9.53 Å². The second-order valence-corrected chi connectivity index (χ2v) is 7.02. The molecular weight excluding hydrogens is 312 g/mol. The van der Waals surface area contributed by atoms with Crippen molar-refractivity contribution in [3.05, 3.63) is 35.9 Å². The van der Waals surface area contributed by atoms with Crippen LogP contribution in [0.1, 0.15) is 57.4 Å². The van der Waals surface area contributed by atoms with Crippen LogP contribution in [-0.4, -0.2) is 43.3 Å². The molecule has 1 aliphatic heterocycles. The minimum Gasteiger partial charge on any atom is -0.446 e. The highest BCUT2D eigenvalue weighted by Crippen LogP contribution is 2.14. The fraction of sp³-hybridized carbons (Fsp3) is 0.667. The van der Waals surface area contributed by atoms with Crippen molar-refractivity contribution in [2.75, 3.05) is 26.2 Å². The lowest BCUT2D eigenvalue weighted by Gasteiger charge is -2.19. The summed E-state index contributed by atoms with van der Waals surface area (Å²) >= 11 is 0. The minimum atomic E-state index is -0.250. The quantitative estimate of drug-likeness (QED) is 0.646. The summed E-state index contributed by atoms with van der Waals surface area (Å²) in [6.07, 6.45) is 8.60. The molecule has 0 radical (unpaired) electrons. The third-order valence-electron chi connectivity index (χ3n) is 4.88.